The summed E-state index contributed by atoms with van der Waals surface area (Å²) in [5, 5.41) is 20.2. The third kappa shape index (κ3) is 4.86. The molecule has 6 heteroatoms. The fraction of sp³-hybridized carbons (Fsp3) is 0.407. The van der Waals surface area contributed by atoms with E-state index in [-0.39, 0.29) is 23.3 Å². The summed E-state index contributed by atoms with van der Waals surface area (Å²) in [6.45, 7) is 0.523. The van der Waals surface area contributed by atoms with E-state index in [4.69, 9.17) is 5.11 Å². The Kier molecular flexibility index (Phi) is 6.94. The van der Waals surface area contributed by atoms with E-state index in [2.05, 4.69) is 0 Å². The third-order valence-corrected chi connectivity index (χ3v) is 7.20. The van der Waals surface area contributed by atoms with Crippen molar-refractivity contribution in [3.63, 3.8) is 0 Å². The van der Waals surface area contributed by atoms with Crippen molar-refractivity contribution < 1.29 is 24.2 Å². The third-order valence-electron chi connectivity index (χ3n) is 7.20. The minimum atomic E-state index is -0.963. The Bertz CT molecular complexity index is 1030. The predicted octanol–water partition coefficient (Wildman–Crippen LogP) is 4.49. The van der Waals surface area contributed by atoms with Gasteiger partial charge in [-0.05, 0) is 55.0 Å². The van der Waals surface area contributed by atoms with Gasteiger partial charge in [-0.25, -0.2) is 9.18 Å². The fourth-order valence-electron chi connectivity index (χ4n) is 5.32. The highest BCUT2D eigenvalue weighted by Gasteiger charge is 2.43. The molecule has 33 heavy (non-hydrogen) atoms. The SMILES string of the molecule is O=C(O)c1ccc(CCN2C(=O)CCC2/C=C/C(O)C2(c3ccccc3F)CCCC2)cc1. The van der Waals surface area contributed by atoms with E-state index in [1.165, 1.54) is 6.07 Å². The molecular formula is C27H30FNO4. The molecule has 1 saturated carbocycles. The lowest BCUT2D eigenvalue weighted by Gasteiger charge is -2.34. The van der Waals surface area contributed by atoms with Gasteiger partial charge in [0.2, 0.25) is 5.91 Å². The van der Waals surface area contributed by atoms with E-state index >= 15 is 0 Å². The number of carboxylic acid groups (broad SMARTS) is 1. The molecule has 2 unspecified atom stereocenters. The molecule has 2 aromatic carbocycles. The number of carboxylic acids is 1. The second-order valence-corrected chi connectivity index (χ2v) is 9.12. The number of hydrogen-bond acceptors (Lipinski definition) is 3. The van der Waals surface area contributed by atoms with Gasteiger partial charge in [-0.2, -0.15) is 0 Å². The minimum absolute atomic E-state index is 0.0750. The molecule has 1 amide bonds. The van der Waals surface area contributed by atoms with Gasteiger partial charge in [0, 0.05) is 18.4 Å². The molecule has 0 aromatic heterocycles. The topological polar surface area (TPSA) is 77.8 Å². The highest BCUT2D eigenvalue weighted by Crippen LogP contribution is 2.45. The van der Waals surface area contributed by atoms with E-state index < -0.39 is 17.5 Å². The molecule has 4 rings (SSSR count). The average Bonchev–Trinajstić information content (AvgIpc) is 3.44. The number of rotatable bonds is 8. The van der Waals surface area contributed by atoms with Crippen molar-refractivity contribution in [2.45, 2.75) is 62.5 Å². The Morgan fingerprint density at radius 2 is 1.85 bits per heavy atom. The van der Waals surface area contributed by atoms with Crippen molar-refractivity contribution in [3.8, 4) is 0 Å². The zero-order chi connectivity index (χ0) is 23.4. The van der Waals surface area contributed by atoms with Crippen LogP contribution >= 0.6 is 0 Å². The van der Waals surface area contributed by atoms with E-state index in [1.807, 2.05) is 17.0 Å². The second kappa shape index (κ2) is 9.87. The molecule has 2 aliphatic rings. The number of aromatic carboxylic acids is 1. The van der Waals surface area contributed by atoms with E-state index in [9.17, 15) is 19.1 Å². The van der Waals surface area contributed by atoms with E-state index in [0.717, 1.165) is 31.2 Å². The van der Waals surface area contributed by atoms with Crippen LogP contribution in [0.3, 0.4) is 0 Å². The lowest BCUT2D eigenvalue weighted by Crippen LogP contribution is -2.38. The quantitative estimate of drug-likeness (QED) is 0.580. The number of amides is 1. The summed E-state index contributed by atoms with van der Waals surface area (Å²) in [6.07, 6.45) is 7.99. The molecule has 0 bridgehead atoms. The number of aliphatic hydroxyl groups excluding tert-OH is 1. The Labute approximate surface area is 193 Å². The van der Waals surface area contributed by atoms with E-state index in [0.29, 0.717) is 31.4 Å². The van der Waals surface area contributed by atoms with Crippen LogP contribution in [0.4, 0.5) is 4.39 Å². The second-order valence-electron chi connectivity index (χ2n) is 9.12. The molecular weight excluding hydrogens is 421 g/mol. The first-order valence-corrected chi connectivity index (χ1v) is 11.6. The van der Waals surface area contributed by atoms with Crippen molar-refractivity contribution in [3.05, 3.63) is 83.2 Å². The fourth-order valence-corrected chi connectivity index (χ4v) is 5.32. The summed E-state index contributed by atoms with van der Waals surface area (Å²) in [4.78, 5) is 25.3. The number of carbonyl (C=O) groups is 2. The van der Waals surface area contributed by atoms with Crippen LogP contribution < -0.4 is 0 Å². The van der Waals surface area contributed by atoms with Crippen molar-refractivity contribution >= 4 is 11.9 Å². The Balaban J connectivity index is 1.45. The molecule has 2 aromatic rings. The number of hydrogen-bond donors (Lipinski definition) is 2. The standard InChI is InChI=1S/C27H30FNO4/c28-23-6-2-1-5-22(23)27(16-3-4-17-27)24(30)13-11-21-12-14-25(31)29(21)18-15-19-7-9-20(10-8-19)26(32)33/h1-2,5-11,13,21,24,30H,3-4,12,14-18H2,(H,32,33)/b13-11+. The monoisotopic (exact) mass is 451 g/mol. The number of aliphatic hydroxyl groups is 1. The zero-order valence-electron chi connectivity index (χ0n) is 18.6. The number of carbonyl (C=O) groups excluding carboxylic acids is 1. The first-order valence-electron chi connectivity index (χ1n) is 11.6. The van der Waals surface area contributed by atoms with Crippen LogP contribution in [-0.2, 0) is 16.6 Å². The van der Waals surface area contributed by atoms with Crippen LogP contribution in [0, 0.1) is 5.82 Å². The summed E-state index contributed by atoms with van der Waals surface area (Å²) in [5.74, 6) is -1.17. The summed E-state index contributed by atoms with van der Waals surface area (Å²) in [5.41, 5.74) is 1.15. The largest absolute Gasteiger partial charge is 0.478 e. The maximum Gasteiger partial charge on any atom is 0.335 e. The lowest BCUT2D eigenvalue weighted by atomic mass is 9.73. The molecule has 0 radical (unpaired) electrons. The zero-order valence-corrected chi connectivity index (χ0v) is 18.6. The Hall–Kier alpha value is -2.99. The van der Waals surface area contributed by atoms with Crippen LogP contribution in [0.2, 0.25) is 0 Å². The normalized spacial score (nSPS) is 21.1. The molecule has 1 aliphatic heterocycles. The van der Waals surface area contributed by atoms with Crippen molar-refractivity contribution in [2.75, 3.05) is 6.54 Å². The van der Waals surface area contributed by atoms with Gasteiger partial charge >= 0.3 is 5.97 Å². The van der Waals surface area contributed by atoms with Gasteiger partial charge in [-0.3, -0.25) is 4.79 Å². The van der Waals surface area contributed by atoms with Crippen molar-refractivity contribution in [1.82, 2.24) is 4.90 Å². The Morgan fingerprint density at radius 3 is 2.52 bits per heavy atom. The predicted molar refractivity (Wildman–Crippen MR) is 124 cm³/mol. The minimum Gasteiger partial charge on any atom is -0.478 e. The van der Waals surface area contributed by atoms with Crippen LogP contribution in [0.5, 0.6) is 0 Å². The summed E-state index contributed by atoms with van der Waals surface area (Å²) in [7, 11) is 0. The number of halogens is 1. The van der Waals surface area contributed by atoms with Crippen molar-refractivity contribution in [2.24, 2.45) is 0 Å². The molecule has 0 spiro atoms. The molecule has 174 valence electrons. The van der Waals surface area contributed by atoms with Gasteiger partial charge in [0.25, 0.3) is 0 Å². The molecule has 2 fully saturated rings. The van der Waals surface area contributed by atoms with Crippen LogP contribution in [0.1, 0.15) is 60.0 Å². The van der Waals surface area contributed by atoms with Crippen molar-refractivity contribution in [1.29, 1.82) is 0 Å². The van der Waals surface area contributed by atoms with Gasteiger partial charge in [-0.1, -0.05) is 55.3 Å². The van der Waals surface area contributed by atoms with E-state index in [1.54, 1.807) is 42.5 Å². The summed E-state index contributed by atoms with van der Waals surface area (Å²) >= 11 is 0. The number of nitrogens with zero attached hydrogens (tertiary/aromatic N) is 1. The maximum absolute atomic E-state index is 14.6. The molecule has 2 atom stereocenters. The highest BCUT2D eigenvalue weighted by atomic mass is 19.1. The molecule has 1 saturated heterocycles. The Morgan fingerprint density at radius 1 is 1.15 bits per heavy atom. The summed E-state index contributed by atoms with van der Waals surface area (Å²) < 4.78 is 14.6. The van der Waals surface area contributed by atoms with Gasteiger partial charge in [0.15, 0.2) is 0 Å². The molecule has 1 heterocycles. The van der Waals surface area contributed by atoms with Crippen LogP contribution in [-0.4, -0.2) is 45.7 Å². The van der Waals surface area contributed by atoms with Gasteiger partial charge in [0.05, 0.1) is 17.7 Å². The molecule has 5 nitrogen and oxygen atoms in total. The summed E-state index contributed by atoms with van der Waals surface area (Å²) in [6, 6.07) is 13.3. The first kappa shape index (κ1) is 23.2. The number of likely N-dealkylation sites (tertiary alicyclic amines) is 1. The molecule has 1 aliphatic carbocycles. The highest BCUT2D eigenvalue weighted by molar-refractivity contribution is 5.87. The van der Waals surface area contributed by atoms with Crippen LogP contribution in [0.15, 0.2) is 60.7 Å². The lowest BCUT2D eigenvalue weighted by molar-refractivity contribution is -0.128. The van der Waals surface area contributed by atoms with Gasteiger partial charge in [-0.15, -0.1) is 0 Å². The van der Waals surface area contributed by atoms with Gasteiger partial charge < -0.3 is 15.1 Å². The number of benzene rings is 2. The van der Waals surface area contributed by atoms with Gasteiger partial charge in [0.1, 0.15) is 5.82 Å². The van der Waals surface area contributed by atoms with Crippen LogP contribution in [0.25, 0.3) is 0 Å². The smallest absolute Gasteiger partial charge is 0.335 e. The molecule has 2 N–H and O–H groups in total. The average molecular weight is 452 g/mol. The maximum atomic E-state index is 14.6. The first-order chi connectivity index (χ1) is 15.9.